The first kappa shape index (κ1) is 35.2. The van der Waals surface area contributed by atoms with Crippen molar-refractivity contribution in [3.63, 3.8) is 0 Å². The Bertz CT molecular complexity index is 2300. The van der Waals surface area contributed by atoms with Crippen LogP contribution in [0, 0.1) is 17.1 Å². The summed E-state index contributed by atoms with van der Waals surface area (Å²) >= 11 is 0. The van der Waals surface area contributed by atoms with Crippen molar-refractivity contribution in [2.24, 2.45) is 0 Å². The van der Waals surface area contributed by atoms with Crippen LogP contribution in [-0.4, -0.2) is 62.6 Å². The number of nitriles is 1. The molecule has 0 unspecified atom stereocenters. The van der Waals surface area contributed by atoms with Crippen molar-refractivity contribution < 1.29 is 31.2 Å². The Morgan fingerprint density at radius 1 is 1.00 bits per heavy atom. The Hall–Kier alpha value is -5.67. The van der Waals surface area contributed by atoms with Gasteiger partial charge in [0.25, 0.3) is 5.91 Å². The summed E-state index contributed by atoms with van der Waals surface area (Å²) in [6.07, 6.45) is 3.74. The molecule has 1 aliphatic rings. The van der Waals surface area contributed by atoms with Gasteiger partial charge in [0, 0.05) is 53.9 Å². The number of Topliss-reactive ketones (excluding diaryl/α,β-unsaturated/α-hetero) is 1. The lowest BCUT2D eigenvalue weighted by Crippen LogP contribution is -2.36. The summed E-state index contributed by atoms with van der Waals surface area (Å²) < 4.78 is 60.9. The van der Waals surface area contributed by atoms with Crippen LogP contribution in [0.2, 0.25) is 0 Å². The number of hydrogen-bond donors (Lipinski definition) is 0. The van der Waals surface area contributed by atoms with Crippen molar-refractivity contribution in [2.45, 2.75) is 26.2 Å². The lowest BCUT2D eigenvalue weighted by molar-refractivity contribution is 0.0743. The lowest BCUT2D eigenvalue weighted by Gasteiger charge is -2.29. The summed E-state index contributed by atoms with van der Waals surface area (Å²) in [5, 5.41) is 10.2. The monoisotopic (exact) mass is 708 g/mol. The first-order valence-electron chi connectivity index (χ1n) is 16.4. The Balaban J connectivity index is 1.43. The summed E-state index contributed by atoms with van der Waals surface area (Å²) in [5.74, 6) is -0.769. The van der Waals surface area contributed by atoms with E-state index >= 15 is 0 Å². The number of alkyl halides is 1. The molecule has 12 heteroatoms. The molecule has 3 aromatic carbocycles. The number of halogens is 2. The number of hydrogen-bond acceptors (Lipinski definition) is 7. The fourth-order valence-corrected chi connectivity index (χ4v) is 7.34. The molecule has 6 rings (SSSR count). The van der Waals surface area contributed by atoms with E-state index < -0.39 is 29.1 Å². The van der Waals surface area contributed by atoms with Crippen LogP contribution >= 0.6 is 0 Å². The molecule has 5 aromatic rings. The molecule has 9 nitrogen and oxygen atoms in total. The van der Waals surface area contributed by atoms with Gasteiger partial charge >= 0.3 is 0 Å². The number of aromatic nitrogens is 1. The van der Waals surface area contributed by atoms with Gasteiger partial charge in [0.1, 0.15) is 29.9 Å². The van der Waals surface area contributed by atoms with Gasteiger partial charge in [0.05, 0.1) is 35.3 Å². The smallest absolute Gasteiger partial charge is 0.253 e. The van der Waals surface area contributed by atoms with Crippen LogP contribution in [0.25, 0.3) is 39.0 Å². The van der Waals surface area contributed by atoms with Gasteiger partial charge in [-0.2, -0.15) is 5.26 Å². The van der Waals surface area contributed by atoms with Crippen molar-refractivity contribution in [1.82, 2.24) is 9.88 Å². The number of furan rings is 1. The molecule has 0 N–H and O–H groups in total. The molecule has 260 valence electrons. The highest BCUT2D eigenvalue weighted by Gasteiger charge is 2.28. The van der Waals surface area contributed by atoms with Crippen LogP contribution in [0.5, 0.6) is 0 Å². The number of fused-ring (bicyclic) bond motifs is 1. The van der Waals surface area contributed by atoms with Crippen LogP contribution in [-0.2, 0) is 10.0 Å². The number of pyridine rings is 1. The Kier molecular flexibility index (Phi) is 10.1. The second kappa shape index (κ2) is 14.7. The van der Waals surface area contributed by atoms with Crippen LogP contribution in [0.3, 0.4) is 0 Å². The summed E-state index contributed by atoms with van der Waals surface area (Å²) in [7, 11) is -4.00. The van der Waals surface area contributed by atoms with Crippen molar-refractivity contribution >= 4 is 43.9 Å². The quantitative estimate of drug-likeness (QED) is 0.107. The number of amides is 1. The third-order valence-electron chi connectivity index (χ3n) is 8.93. The molecule has 0 aliphatic carbocycles. The van der Waals surface area contributed by atoms with E-state index in [2.05, 4.69) is 11.1 Å². The second-order valence-corrected chi connectivity index (χ2v) is 14.1. The SMILES string of the molecule is CCC(=O)c1c(-c2ccc(F)cc2)oc2cc(N(CCF)S(C)(=O)=O)c(-c3cccc(C(=O)N4CCC(=C(C#N)c5ccccn5)CC4)c3)cc12. The van der Waals surface area contributed by atoms with E-state index in [1.807, 2.05) is 6.07 Å². The zero-order valence-electron chi connectivity index (χ0n) is 28.0. The zero-order valence-corrected chi connectivity index (χ0v) is 28.8. The highest BCUT2D eigenvalue weighted by molar-refractivity contribution is 7.92. The first-order chi connectivity index (χ1) is 24.5. The van der Waals surface area contributed by atoms with Crippen LogP contribution in [0.1, 0.15) is 52.6 Å². The Labute approximate surface area is 294 Å². The largest absolute Gasteiger partial charge is 0.455 e. The van der Waals surface area contributed by atoms with Gasteiger partial charge in [-0.05, 0) is 78.6 Å². The van der Waals surface area contributed by atoms with Gasteiger partial charge in [-0.1, -0.05) is 25.1 Å². The van der Waals surface area contributed by atoms with E-state index in [1.54, 1.807) is 60.5 Å². The minimum Gasteiger partial charge on any atom is -0.455 e. The Morgan fingerprint density at radius 3 is 2.37 bits per heavy atom. The third-order valence-corrected chi connectivity index (χ3v) is 10.1. The standard InChI is InChI=1S/C39H34F2N4O5S/c1-3-35(46)37-31-22-30(34(45(20-16-40)51(2,48)49)23-36(31)50-38(37)26-10-12-29(41)13-11-26)27-7-6-8-28(21-27)39(47)44-18-14-25(15-19-44)32(24-42)33-9-4-5-17-43-33/h4-13,17,21-23H,3,14-16,18-20H2,1-2H3. The number of anilines is 1. The van der Waals surface area contributed by atoms with Crippen molar-refractivity contribution in [1.29, 1.82) is 5.26 Å². The van der Waals surface area contributed by atoms with Crippen molar-refractivity contribution in [2.75, 3.05) is 36.9 Å². The van der Waals surface area contributed by atoms with Crippen LogP contribution < -0.4 is 4.31 Å². The number of carbonyl (C=O) groups excluding carboxylic acids is 2. The van der Waals surface area contributed by atoms with Crippen molar-refractivity contribution in [3.05, 3.63) is 113 Å². The van der Waals surface area contributed by atoms with Crippen molar-refractivity contribution in [3.8, 4) is 28.5 Å². The van der Waals surface area contributed by atoms with E-state index in [9.17, 15) is 32.0 Å². The maximum Gasteiger partial charge on any atom is 0.253 e. The number of likely N-dealkylation sites (tertiary alicyclic amines) is 1. The molecule has 1 aliphatic heterocycles. The fourth-order valence-electron chi connectivity index (χ4n) is 6.43. The van der Waals surface area contributed by atoms with E-state index in [0.29, 0.717) is 64.8 Å². The predicted octanol–water partition coefficient (Wildman–Crippen LogP) is 7.84. The third kappa shape index (κ3) is 7.16. The molecule has 3 heterocycles. The lowest BCUT2D eigenvalue weighted by atomic mass is 9.94. The number of allylic oxidation sites excluding steroid dienone is 1. The van der Waals surface area contributed by atoms with Gasteiger partial charge in [-0.25, -0.2) is 17.2 Å². The molecule has 2 aromatic heterocycles. The molecule has 0 saturated carbocycles. The fraction of sp³-hybridized carbons (Fsp3) is 0.231. The molecular weight excluding hydrogens is 675 g/mol. The van der Waals surface area contributed by atoms with Gasteiger partial charge in [0.2, 0.25) is 10.0 Å². The zero-order chi connectivity index (χ0) is 36.3. The van der Waals surface area contributed by atoms with E-state index in [-0.39, 0.29) is 40.7 Å². The van der Waals surface area contributed by atoms with Gasteiger partial charge < -0.3 is 9.32 Å². The molecule has 0 spiro atoms. The topological polar surface area (TPSA) is 125 Å². The number of nitrogens with zero attached hydrogens (tertiary/aromatic N) is 4. The highest BCUT2D eigenvalue weighted by atomic mass is 32.2. The molecule has 0 bridgehead atoms. The average molecular weight is 709 g/mol. The molecule has 0 radical (unpaired) electrons. The maximum atomic E-state index is 13.9. The number of benzene rings is 3. The van der Waals surface area contributed by atoms with Crippen LogP contribution in [0.15, 0.2) is 95.0 Å². The first-order valence-corrected chi connectivity index (χ1v) is 18.3. The number of ketones is 1. The highest BCUT2D eigenvalue weighted by Crippen LogP contribution is 2.42. The summed E-state index contributed by atoms with van der Waals surface area (Å²) in [4.78, 5) is 33.3. The predicted molar refractivity (Wildman–Crippen MR) is 192 cm³/mol. The number of rotatable bonds is 10. The van der Waals surface area contributed by atoms with E-state index in [4.69, 9.17) is 4.42 Å². The molecule has 51 heavy (non-hydrogen) atoms. The molecule has 1 amide bonds. The number of sulfonamides is 1. The van der Waals surface area contributed by atoms with Gasteiger partial charge in [-0.3, -0.25) is 18.9 Å². The molecule has 1 saturated heterocycles. The van der Waals surface area contributed by atoms with E-state index in [0.717, 1.165) is 16.1 Å². The Morgan fingerprint density at radius 2 is 1.75 bits per heavy atom. The van der Waals surface area contributed by atoms with Crippen LogP contribution in [0.4, 0.5) is 14.5 Å². The molecule has 0 atom stereocenters. The van der Waals surface area contributed by atoms with E-state index in [1.165, 1.54) is 30.3 Å². The number of piperidine rings is 1. The minimum atomic E-state index is -4.00. The molecule has 1 fully saturated rings. The minimum absolute atomic E-state index is 0.105. The number of carbonyl (C=O) groups is 2. The summed E-state index contributed by atoms with van der Waals surface area (Å²) in [6.45, 7) is 1.02. The average Bonchev–Trinajstić information content (AvgIpc) is 3.52. The van der Waals surface area contributed by atoms with Gasteiger partial charge in [-0.15, -0.1) is 0 Å². The summed E-state index contributed by atoms with van der Waals surface area (Å²) in [5.41, 5.74) is 4.17. The summed E-state index contributed by atoms with van der Waals surface area (Å²) in [6, 6.07) is 22.9. The van der Waals surface area contributed by atoms with Gasteiger partial charge in [0.15, 0.2) is 5.78 Å². The normalized spacial score (nSPS) is 13.2. The molecular formula is C39H34F2N4O5S. The maximum absolute atomic E-state index is 13.9. The second-order valence-electron chi connectivity index (χ2n) is 12.2.